The fourth-order valence-electron chi connectivity index (χ4n) is 15.3. The van der Waals surface area contributed by atoms with E-state index in [1.807, 2.05) is 25.3 Å². The molecule has 384 valence electrons. The summed E-state index contributed by atoms with van der Waals surface area (Å²) in [6, 6.07) is 8.62. The van der Waals surface area contributed by atoms with E-state index < -0.39 is 65.4 Å². The van der Waals surface area contributed by atoms with Crippen molar-refractivity contribution < 1.29 is 44.2 Å². The van der Waals surface area contributed by atoms with Crippen LogP contribution in [-0.2, 0) is 48.2 Å². The quantitative estimate of drug-likeness (QED) is 0.0652. The van der Waals surface area contributed by atoms with Crippen molar-refractivity contribution >= 4 is 28.6 Å². The van der Waals surface area contributed by atoms with Gasteiger partial charge in [0.2, 0.25) is 0 Å². The Bertz CT molecular complexity index is 3160. The van der Waals surface area contributed by atoms with Crippen LogP contribution in [0.15, 0.2) is 63.6 Å². The molecule has 15 nitrogen and oxygen atoms in total. The van der Waals surface area contributed by atoms with Crippen LogP contribution in [0, 0.1) is 17.3 Å². The fraction of sp³-hybridized carbons (Fsp3) is 0.517. The molecule has 4 bridgehead atoms. The Hall–Kier alpha value is -6.00. The lowest BCUT2D eigenvalue weighted by molar-refractivity contribution is -0.171. The third-order valence-electron chi connectivity index (χ3n) is 18.9. The van der Waals surface area contributed by atoms with Crippen LogP contribution in [-0.4, -0.2) is 84.5 Å². The number of ether oxygens (including phenoxy) is 2. The maximum atomic E-state index is 15.3. The zero-order valence-corrected chi connectivity index (χ0v) is 41.9. The minimum Gasteiger partial charge on any atom is -0.508 e. The third-order valence-corrected chi connectivity index (χ3v) is 18.9. The first-order valence-electron chi connectivity index (χ1n) is 26.6. The summed E-state index contributed by atoms with van der Waals surface area (Å²) in [5.41, 5.74) is 11.1. The largest absolute Gasteiger partial charge is 0.508 e. The van der Waals surface area contributed by atoms with Crippen molar-refractivity contribution in [2.24, 2.45) is 17.3 Å². The maximum absolute atomic E-state index is 15.3. The van der Waals surface area contributed by atoms with E-state index in [0.29, 0.717) is 55.5 Å². The van der Waals surface area contributed by atoms with Gasteiger partial charge in [-0.2, -0.15) is 0 Å². The number of anilines is 2. The Morgan fingerprint density at radius 1 is 0.945 bits per heavy atom. The van der Waals surface area contributed by atoms with Gasteiger partial charge in [0.25, 0.3) is 0 Å². The van der Waals surface area contributed by atoms with Gasteiger partial charge in [0.15, 0.2) is 5.43 Å². The first-order valence-corrected chi connectivity index (χ1v) is 26.6. The number of phenolic OH excluding ortho intramolecular Hbond substituents is 2. The number of aliphatic hydroxyl groups is 3. The number of nitrogens with two attached hydrogens (primary N) is 1. The van der Waals surface area contributed by atoms with E-state index in [1.54, 1.807) is 31.3 Å². The maximum Gasteiger partial charge on any atom is 0.337 e. The highest BCUT2D eigenvalue weighted by Crippen LogP contribution is 2.61. The van der Waals surface area contributed by atoms with E-state index in [1.165, 1.54) is 11.1 Å². The van der Waals surface area contributed by atoms with Gasteiger partial charge < -0.3 is 55.8 Å². The van der Waals surface area contributed by atoms with Crippen LogP contribution in [0.1, 0.15) is 146 Å². The molecule has 1 saturated heterocycles. The topological polar surface area (TPSA) is 243 Å². The molecule has 7 aliphatic rings. The van der Waals surface area contributed by atoms with Crippen molar-refractivity contribution in [2.45, 2.75) is 152 Å². The molecule has 2 fully saturated rings. The summed E-state index contributed by atoms with van der Waals surface area (Å²) in [6.07, 6.45) is 12.5. The first-order chi connectivity index (χ1) is 35.2. The molecule has 0 radical (unpaired) electrons. The second-order valence-electron chi connectivity index (χ2n) is 22.7. The molecule has 73 heavy (non-hydrogen) atoms. The summed E-state index contributed by atoms with van der Waals surface area (Å²) in [5, 5.41) is 66.0. The number of hydrogen-bond acceptors (Lipinski definition) is 15. The number of nitrogen functional groups attached to an aromatic ring is 1. The highest BCUT2D eigenvalue weighted by Gasteiger charge is 2.58. The summed E-state index contributed by atoms with van der Waals surface area (Å²) in [7, 11) is 0. The van der Waals surface area contributed by atoms with Gasteiger partial charge in [0, 0.05) is 65.4 Å². The van der Waals surface area contributed by atoms with E-state index in [9.17, 15) is 30.3 Å². The zero-order valence-electron chi connectivity index (χ0n) is 41.9. The molecular formula is C58H67N5O10. The first kappa shape index (κ1) is 48.0. The number of allylic oxidation sites excluding steroid dienone is 1. The van der Waals surface area contributed by atoms with Crippen molar-refractivity contribution in [3.63, 3.8) is 0 Å². The molecule has 9 unspecified atom stereocenters. The summed E-state index contributed by atoms with van der Waals surface area (Å²) < 4.78 is 21.3. The minimum absolute atomic E-state index is 0.0156. The summed E-state index contributed by atoms with van der Waals surface area (Å²) in [4.78, 5) is 39.7. The molecule has 2 aromatic carbocycles. The van der Waals surface area contributed by atoms with Gasteiger partial charge in [-0.15, -0.1) is 0 Å². The summed E-state index contributed by atoms with van der Waals surface area (Å²) >= 11 is 0. The zero-order chi connectivity index (χ0) is 50.7. The molecule has 1 saturated carbocycles. The van der Waals surface area contributed by atoms with E-state index >= 15 is 4.79 Å². The Morgan fingerprint density at radius 3 is 2.53 bits per heavy atom. The molecule has 15 heteroatoms. The van der Waals surface area contributed by atoms with Crippen LogP contribution in [0.5, 0.6) is 17.2 Å². The second-order valence-corrected chi connectivity index (χ2v) is 22.7. The standard InChI is InChI=1S/C58H67N5O10/c1-4-42(58(70)15-14-57(28-58)16-19-60-20-17-57)55(69)72-45-24-40-50(68)48-44(67)23-33(26-64)71-52(48)49-46-38-13-18-61-53(59)47(38)36(10-7-30-6-8-32(66)22-39(30)41(46)27-65)35-12-11-34-31(21-43(35)56(45,3)73-51(40)49)25-62-54-37(34)9-5-29(2)63-54/h4,6,8,13,18,22-23,25,29,35-36,41,43,45-46,60,64-66,68,70H,5,7,9-12,14-17,19-21,24,26-28H2,1-3H3,(H2,59,61)(H,62,63). The molecule has 12 rings (SSSR count). The van der Waals surface area contributed by atoms with Crippen molar-refractivity contribution in [1.29, 1.82) is 0 Å². The minimum atomic E-state index is -1.42. The molecule has 7 heterocycles. The van der Waals surface area contributed by atoms with Crippen LogP contribution in [0.4, 0.5) is 11.6 Å². The van der Waals surface area contributed by atoms with Crippen molar-refractivity contribution in [1.82, 2.24) is 15.3 Å². The number of aliphatic hydroxyl groups excluding tert-OH is 2. The van der Waals surface area contributed by atoms with E-state index in [0.717, 1.165) is 85.8 Å². The lowest BCUT2D eigenvalue weighted by atomic mass is 9.62. The number of rotatable bonds is 5. The predicted octanol–water partition coefficient (Wildman–Crippen LogP) is 7.02. The van der Waals surface area contributed by atoms with Crippen LogP contribution in [0.25, 0.3) is 11.0 Å². The van der Waals surface area contributed by atoms with E-state index in [2.05, 4.69) is 17.6 Å². The number of esters is 1. The Labute approximate surface area is 424 Å². The molecule has 3 aliphatic carbocycles. The van der Waals surface area contributed by atoms with Crippen molar-refractivity contribution in [3.8, 4) is 17.2 Å². The number of benzene rings is 2. The number of phenols is 2. The number of nitrogens with one attached hydrogen (secondary N) is 2. The number of piperidine rings is 1. The fourth-order valence-corrected chi connectivity index (χ4v) is 15.3. The van der Waals surface area contributed by atoms with Gasteiger partial charge in [-0.1, -0.05) is 12.1 Å². The Balaban J connectivity index is 1.14. The van der Waals surface area contributed by atoms with Crippen LogP contribution < -0.4 is 26.5 Å². The summed E-state index contributed by atoms with van der Waals surface area (Å²) in [5.74, 6) is -2.33. The predicted molar refractivity (Wildman–Crippen MR) is 274 cm³/mol. The molecule has 4 aliphatic heterocycles. The molecule has 3 aromatic heterocycles. The van der Waals surface area contributed by atoms with Gasteiger partial charge in [-0.05, 0) is 180 Å². The Kier molecular flexibility index (Phi) is 11.7. The number of aryl methyl sites for hydroxylation is 1. The average Bonchev–Trinajstić information content (AvgIpc) is 3.58. The molecule has 9 N–H and O–H groups in total. The summed E-state index contributed by atoms with van der Waals surface area (Å²) in [6.45, 7) is 6.60. The molecule has 5 aromatic rings. The molecular weight excluding hydrogens is 927 g/mol. The highest BCUT2D eigenvalue weighted by molar-refractivity contribution is 5.93. The number of pyridine rings is 2. The van der Waals surface area contributed by atoms with Crippen molar-refractivity contribution in [2.75, 3.05) is 30.7 Å². The molecule has 9 atom stereocenters. The highest BCUT2D eigenvalue weighted by atomic mass is 16.6. The van der Waals surface area contributed by atoms with Crippen LogP contribution >= 0.6 is 0 Å². The number of aromatic nitrogens is 2. The number of nitrogens with zero attached hydrogens (tertiary/aromatic N) is 2. The van der Waals surface area contributed by atoms with Gasteiger partial charge in [-0.25, -0.2) is 14.8 Å². The van der Waals surface area contributed by atoms with Gasteiger partial charge in [0.05, 0.1) is 17.8 Å². The second kappa shape index (κ2) is 17.8. The molecule has 1 spiro atoms. The number of carbonyl (C=O) groups is 1. The lowest BCUT2D eigenvalue weighted by Crippen LogP contribution is -2.59. The normalized spacial score (nSPS) is 29.9. The number of hydrogen-bond donors (Lipinski definition) is 8. The smallest absolute Gasteiger partial charge is 0.337 e. The van der Waals surface area contributed by atoms with Crippen LogP contribution in [0.2, 0.25) is 0 Å². The van der Waals surface area contributed by atoms with Gasteiger partial charge in [0.1, 0.15) is 63.9 Å². The van der Waals surface area contributed by atoms with Crippen molar-refractivity contribution in [3.05, 3.63) is 120 Å². The monoisotopic (exact) mass is 993 g/mol. The number of fused-ring (bicyclic) bond motifs is 11. The number of carbonyl (C=O) groups excluding carboxylic acids is 1. The van der Waals surface area contributed by atoms with Crippen LogP contribution in [0.3, 0.4) is 0 Å². The lowest BCUT2D eigenvalue weighted by Gasteiger charge is -2.51. The van der Waals surface area contributed by atoms with Gasteiger partial charge in [-0.3, -0.25) is 4.79 Å². The third kappa shape index (κ3) is 7.57. The SMILES string of the molecule is CC=C(C(=O)OC1Cc2c3c(c4oc(CO)cc(=O)c4c2O)C2c4ccnc(N)c4C(CCc4ccc(O)cc4C2CO)C2CCc4c(cnc5c4CCC(C)N5)CC2C1(C)O3)C1(O)CCC2(CCNCC2)C1. The molecule has 0 amide bonds. The van der Waals surface area contributed by atoms with E-state index in [4.69, 9.17) is 29.6 Å². The van der Waals surface area contributed by atoms with Gasteiger partial charge >= 0.3 is 5.97 Å². The Morgan fingerprint density at radius 2 is 1.75 bits per heavy atom. The number of aromatic hydroxyl groups is 2. The average molecular weight is 994 g/mol. The van der Waals surface area contributed by atoms with E-state index in [-0.39, 0.29) is 69.1 Å².